The summed E-state index contributed by atoms with van der Waals surface area (Å²) in [7, 11) is -0.784. The average molecular weight is 2170 g/mol. The molecule has 27 aromatic heterocycles. The van der Waals surface area contributed by atoms with Gasteiger partial charge in [-0.05, 0) is 124 Å². The molecule has 0 atom stereocenters. The van der Waals surface area contributed by atoms with Crippen molar-refractivity contribution in [3.63, 3.8) is 0 Å². The van der Waals surface area contributed by atoms with Crippen molar-refractivity contribution in [2.75, 3.05) is 0 Å². The number of hydrogen-bond donors (Lipinski definition) is 6. The number of aromatic amines is 6. The molecule has 0 radical (unpaired) electrons. The van der Waals surface area contributed by atoms with E-state index in [1.165, 1.54) is 196 Å². The van der Waals surface area contributed by atoms with Crippen molar-refractivity contribution < 1.29 is 40.4 Å². The van der Waals surface area contributed by atoms with Crippen LogP contribution in [0.2, 0.25) is 0 Å². The monoisotopic (exact) mass is 2170 g/mol. The van der Waals surface area contributed by atoms with Crippen LogP contribution >= 0.6 is 80.3 Å². The molecule has 28 rings (SSSR count). The first-order valence-corrected chi connectivity index (χ1v) is 47.3. The highest BCUT2D eigenvalue weighted by atomic mass is 32.2. The van der Waals surface area contributed by atoms with Crippen LogP contribution in [0.15, 0.2) is 543 Å². The molecule has 768 valence electrons. The zero-order valence-electron chi connectivity index (χ0n) is 77.2. The molecule has 0 unspecified atom stereocenters. The Labute approximate surface area is 877 Å². The SMILES string of the molecule is O=S1C=CC=C1.[O-][n+]1ccccc1.c1c[nH]cn1.c1cc[nH]c1.c1ccncc1.c1ccncc1.c1ccnnc1.c1ccoc1.c1ccsc1.c1cn[nH]c1.c1cn[nH]n1.c1cnccn1.c1cnncn1.c1cnoc1.c1cnon1.c1cnsc1.c1cnsn1.c1cocn1.c1conn1.c1cscn1.c1csnn1.c1nc[nH]n1.c1ncncn1.c1ncon1.c1ncsn1.c1nn[nH]n1.c1nnco1.c1nncs1. The van der Waals surface area contributed by atoms with E-state index in [4.69, 9.17) is 0 Å². The van der Waals surface area contributed by atoms with E-state index in [1.807, 2.05) is 136 Å². The number of nitrogens with zero attached hydrogens (tertiary/aromatic N) is 42. The molecule has 0 spiro atoms. The third-order valence-corrected chi connectivity index (χ3v) is 15.1. The Morgan fingerprint density at radius 2 is 0.973 bits per heavy atom. The van der Waals surface area contributed by atoms with Gasteiger partial charge < -0.3 is 42.0 Å². The summed E-state index contributed by atoms with van der Waals surface area (Å²) in [6.07, 6.45) is 83.6. The van der Waals surface area contributed by atoms with E-state index in [0.29, 0.717) is 0 Å². The molecular formula is C84H90N48O9S8. The van der Waals surface area contributed by atoms with Crippen LogP contribution in [-0.2, 0) is 10.8 Å². The normalized spacial score (nSPS) is 8.51. The lowest BCUT2D eigenvalue weighted by Crippen LogP contribution is -2.22. The largest absolute Gasteiger partial charge is 0.619 e. The van der Waals surface area contributed by atoms with Gasteiger partial charge in [0.25, 0.3) is 0 Å². The highest BCUT2D eigenvalue weighted by molar-refractivity contribution is 7.91. The van der Waals surface area contributed by atoms with Gasteiger partial charge in [0.05, 0.1) is 115 Å². The molecule has 1 aliphatic heterocycles. The maximum absolute atomic E-state index is 10.2. The molecule has 149 heavy (non-hydrogen) atoms. The van der Waals surface area contributed by atoms with Gasteiger partial charge in [0.15, 0.2) is 31.4 Å². The lowest BCUT2D eigenvalue weighted by molar-refractivity contribution is -0.605. The number of imidazole rings is 1. The summed E-state index contributed by atoms with van der Waals surface area (Å²) in [5.74, 6) is 0. The van der Waals surface area contributed by atoms with Crippen LogP contribution in [0, 0.1) is 5.21 Å². The fraction of sp³-hybridized carbons (Fsp3) is 0. The Morgan fingerprint density at radius 1 is 0.282 bits per heavy atom. The van der Waals surface area contributed by atoms with Crippen molar-refractivity contribution in [2.24, 2.45) is 0 Å². The minimum absolute atomic E-state index is 0.750. The third kappa shape index (κ3) is 118. The molecule has 0 amide bonds. The molecule has 1 aliphatic rings. The summed E-state index contributed by atoms with van der Waals surface area (Å²) < 4.78 is 59.4. The summed E-state index contributed by atoms with van der Waals surface area (Å²) in [5, 5.41) is 107. The molecule has 27 aromatic rings. The number of oxazole rings is 1. The van der Waals surface area contributed by atoms with E-state index in [2.05, 4.69) is 266 Å². The second-order valence-corrected chi connectivity index (χ2v) is 27.0. The van der Waals surface area contributed by atoms with E-state index in [0.717, 1.165) is 4.73 Å². The number of pyridine rings is 3. The summed E-state index contributed by atoms with van der Waals surface area (Å²) in [6, 6.07) is 37.3. The lowest BCUT2D eigenvalue weighted by atomic mass is 10.5. The van der Waals surface area contributed by atoms with Crippen LogP contribution in [0.3, 0.4) is 0 Å². The highest BCUT2D eigenvalue weighted by Gasteiger charge is 1.86. The minimum atomic E-state index is -0.784. The summed E-state index contributed by atoms with van der Waals surface area (Å²) in [4.78, 5) is 56.5. The Kier molecular flexibility index (Phi) is 102. The molecule has 0 fully saturated rings. The Bertz CT molecular complexity index is 4390. The van der Waals surface area contributed by atoms with Crippen LogP contribution in [0.25, 0.3) is 0 Å². The zero-order valence-corrected chi connectivity index (χ0v) is 83.8. The first kappa shape index (κ1) is 127. The van der Waals surface area contributed by atoms with Crippen molar-refractivity contribution in [3.05, 3.63) is 517 Å². The summed E-state index contributed by atoms with van der Waals surface area (Å²) in [6.45, 7) is 0. The number of thiophene rings is 1. The Hall–Kier alpha value is -20.4. The van der Waals surface area contributed by atoms with Gasteiger partial charge in [0.2, 0.25) is 19.2 Å². The van der Waals surface area contributed by atoms with E-state index < -0.39 is 10.8 Å². The van der Waals surface area contributed by atoms with Gasteiger partial charge in [-0.2, -0.15) is 75.3 Å². The molecule has 57 nitrogen and oxygen atoms in total. The lowest BCUT2D eigenvalue weighted by Gasteiger charge is -1.88. The van der Waals surface area contributed by atoms with Crippen molar-refractivity contribution in [1.29, 1.82) is 0 Å². The number of nitrogens with one attached hydrogen (secondary N) is 6. The number of rotatable bonds is 0. The molecule has 0 aliphatic carbocycles. The maximum atomic E-state index is 10.2. The topological polar surface area (TPSA) is 759 Å². The van der Waals surface area contributed by atoms with Gasteiger partial charge in [0.1, 0.15) is 79.6 Å². The number of aromatic nitrogens is 48. The van der Waals surface area contributed by atoms with Crippen LogP contribution in [0.1, 0.15) is 0 Å². The van der Waals surface area contributed by atoms with E-state index in [9.17, 15) is 9.42 Å². The standard InChI is InChI=1S/C5H5NO.2C5H5N.2C4H4N2.C4H5N.C4H4OS.C4H4O.C4H4S.2C3H3N3.2C3H4N2.2C3H3NO.2C3H3NS.2C2H3N3.4C2H2N2O.4C2H2N2S.CH2N4/c7-6-4-2-1-3-5-6;2*1-2-4-6-5-3-1;1-2-6-4-3-5-1;1-2-4-6-5-3-1;1-2-4-5-3-1;5-6-3-1-2-4-6;2*1-2-4-5-3-1;1-4-2-6-3-5-1;1-2-5-6-3-4-1;1-2-5-3-4-1;1-2-4-5-3-1;1-2-5-3-4-1;1-2-4-5-3-1;1-2-5-3-4-1;1-2-4-5-3-1;1-3-2-5-4-1;1-2-4-5-3-1;1-3-4-2-5-1;1-3-2-5-4-1;1-2-5-4-3-1;1-2-4-5-3-1;1-3-4-2-5-1;1-3-2-5-4-1;1-2-5-4-3-1;2*1-2-4-5-3-1/h1-5H;2*1-5H;2*1-4H;1-5H;1-4H;2*1-4H;2*1-3H;2*1-3H,(H,4,5);4*1-3H;2*1-2H,(H,3,4,5);8*1-2H;1H,(H,2,3,4,5). The number of hydrogen-bond acceptors (Lipinski definition) is 57. The van der Waals surface area contributed by atoms with Crippen molar-refractivity contribution in [1.82, 2.24) is 235 Å². The maximum Gasteiger partial charge on any atom is 0.213 e. The molecule has 6 N–H and O–H groups in total. The first-order valence-electron chi connectivity index (χ1n) is 40.0. The molecule has 0 aromatic carbocycles. The van der Waals surface area contributed by atoms with Crippen LogP contribution < -0.4 is 4.73 Å². The number of tetrazole rings is 1. The molecule has 28 heterocycles. The van der Waals surface area contributed by atoms with E-state index in [-0.39, 0.29) is 0 Å². The predicted molar refractivity (Wildman–Crippen MR) is 546 cm³/mol. The Morgan fingerprint density at radius 3 is 1.16 bits per heavy atom. The number of allylic oxidation sites excluding steroid dienone is 2. The predicted octanol–water partition coefficient (Wildman–Crippen LogP) is 13.7. The average Bonchev–Trinajstić information content (AvgIpc) is 1.92. The smallest absolute Gasteiger partial charge is 0.213 e. The van der Waals surface area contributed by atoms with E-state index >= 15 is 0 Å². The zero-order chi connectivity index (χ0) is 106. The molecule has 0 saturated heterocycles. The third-order valence-electron chi connectivity index (χ3n) is 10.9. The van der Waals surface area contributed by atoms with Crippen LogP contribution in [-0.4, -0.2) is 239 Å². The number of furan rings is 1. The van der Waals surface area contributed by atoms with Gasteiger partial charge >= 0.3 is 0 Å². The molecule has 65 heteroatoms. The van der Waals surface area contributed by atoms with Crippen molar-refractivity contribution in [3.8, 4) is 0 Å². The van der Waals surface area contributed by atoms with Crippen molar-refractivity contribution in [2.45, 2.75) is 0 Å². The van der Waals surface area contributed by atoms with Gasteiger partial charge in [-0.1, -0.05) is 72.8 Å². The summed E-state index contributed by atoms with van der Waals surface area (Å²) in [5.41, 5.74) is 6.83. The highest BCUT2D eigenvalue weighted by Crippen LogP contribution is 1.96. The van der Waals surface area contributed by atoms with Crippen LogP contribution in [0.5, 0.6) is 0 Å². The van der Waals surface area contributed by atoms with Crippen molar-refractivity contribution >= 4 is 91.1 Å². The van der Waals surface area contributed by atoms with E-state index in [1.54, 1.807) is 260 Å². The van der Waals surface area contributed by atoms with Gasteiger partial charge in [-0.3, -0.25) is 39.3 Å². The fourth-order valence-corrected chi connectivity index (χ4v) is 8.46. The second-order valence-electron chi connectivity index (χ2n) is 20.9. The van der Waals surface area contributed by atoms with Gasteiger partial charge in [-0.25, -0.2) is 53.9 Å². The quantitative estimate of drug-likeness (QED) is 0.0606. The molecular weight excluding hydrogens is 2080 g/mol. The second kappa shape index (κ2) is 120. The van der Waals surface area contributed by atoms with Gasteiger partial charge in [-0.15, -0.1) is 68.6 Å². The first-order chi connectivity index (χ1) is 74.3. The molecule has 0 saturated carbocycles. The minimum Gasteiger partial charge on any atom is -0.619 e. The Balaban J connectivity index is 0.000000773. The fourth-order valence-electron chi connectivity index (χ4n) is 5.63. The van der Waals surface area contributed by atoms with Gasteiger partial charge in [0, 0.05) is 162 Å². The summed E-state index contributed by atoms with van der Waals surface area (Å²) >= 11 is 10.2. The number of thiazole rings is 1. The van der Waals surface area contributed by atoms with Crippen LogP contribution in [0.4, 0.5) is 0 Å². The molecule has 0 bridgehead atoms. The number of H-pyrrole nitrogens is 6.